The fraction of sp³-hybridized carbons (Fsp3) is 0.500. The summed E-state index contributed by atoms with van der Waals surface area (Å²) in [7, 11) is 1.60. The number of carbonyl (C=O) groups is 1. The molecule has 2 atom stereocenters. The molecule has 1 saturated heterocycles. The summed E-state index contributed by atoms with van der Waals surface area (Å²) in [5, 5.41) is 10.1. The van der Waals surface area contributed by atoms with E-state index in [-0.39, 0.29) is 6.04 Å². The molecule has 0 bridgehead atoms. The molecule has 2 rings (SSSR count). The van der Waals surface area contributed by atoms with Crippen LogP contribution in [0.15, 0.2) is 24.3 Å². The molecule has 0 saturated carbocycles. The highest BCUT2D eigenvalue weighted by molar-refractivity contribution is 5.79. The van der Waals surface area contributed by atoms with Crippen LogP contribution in [-0.4, -0.2) is 42.2 Å². The van der Waals surface area contributed by atoms with E-state index >= 15 is 0 Å². The first-order valence-electron chi connectivity index (χ1n) is 6.49. The predicted molar refractivity (Wildman–Crippen MR) is 71.7 cm³/mol. The highest BCUT2D eigenvalue weighted by atomic mass is 16.5. The Morgan fingerprint density at radius 2 is 1.89 bits per heavy atom. The van der Waals surface area contributed by atoms with Crippen LogP contribution in [0, 0.1) is 0 Å². The number of likely N-dealkylation sites (tertiary alicyclic amines) is 1. The second-order valence-corrected chi connectivity index (χ2v) is 4.81. The lowest BCUT2D eigenvalue weighted by molar-refractivity contribution is -0.129. The number of methoxy groups -OCH3 is 1. The summed E-state index contributed by atoms with van der Waals surface area (Å²) in [6.45, 7) is 1.75. The highest BCUT2D eigenvalue weighted by Gasteiger charge is 2.32. The zero-order valence-electron chi connectivity index (χ0n) is 11.1. The van der Waals surface area contributed by atoms with Crippen LogP contribution in [-0.2, 0) is 4.79 Å². The van der Waals surface area contributed by atoms with Gasteiger partial charge in [0.05, 0.1) is 13.2 Å². The van der Waals surface area contributed by atoms with Crippen molar-refractivity contribution in [3.63, 3.8) is 0 Å². The number of ether oxygens (including phenoxy) is 1. The van der Waals surface area contributed by atoms with Crippen molar-refractivity contribution in [3.8, 4) is 5.75 Å². The number of carbonyl (C=O) groups excluding carboxylic acids is 1. The van der Waals surface area contributed by atoms with Crippen LogP contribution in [0.1, 0.15) is 24.4 Å². The summed E-state index contributed by atoms with van der Waals surface area (Å²) < 4.78 is 5.11. The van der Waals surface area contributed by atoms with E-state index < -0.39 is 12.0 Å². The predicted octanol–water partition coefficient (Wildman–Crippen LogP) is 0.678. The average Bonchev–Trinajstić information content (AvgIpc) is 2.93. The van der Waals surface area contributed by atoms with Crippen LogP contribution in [0.2, 0.25) is 0 Å². The lowest BCUT2D eigenvalue weighted by Gasteiger charge is -2.30. The number of nitrogens with zero attached hydrogens (tertiary/aromatic N) is 1. The molecule has 1 aromatic rings. The van der Waals surface area contributed by atoms with Gasteiger partial charge >= 0.3 is 0 Å². The van der Waals surface area contributed by atoms with Crippen molar-refractivity contribution in [3.05, 3.63) is 29.8 Å². The lowest BCUT2D eigenvalue weighted by Crippen LogP contribution is -2.42. The van der Waals surface area contributed by atoms with E-state index in [1.807, 2.05) is 24.3 Å². The Bertz CT molecular complexity index is 427. The number of hydrogen-bond donors (Lipinski definition) is 2. The third-order valence-corrected chi connectivity index (χ3v) is 3.58. The first-order valence-corrected chi connectivity index (χ1v) is 6.49. The van der Waals surface area contributed by atoms with Crippen molar-refractivity contribution < 1.29 is 14.6 Å². The van der Waals surface area contributed by atoms with E-state index in [9.17, 15) is 9.90 Å². The Morgan fingerprint density at radius 3 is 2.37 bits per heavy atom. The number of hydrogen-bond acceptors (Lipinski definition) is 4. The summed E-state index contributed by atoms with van der Waals surface area (Å²) in [6.07, 6.45) is 0.975. The van der Waals surface area contributed by atoms with Gasteiger partial charge in [0, 0.05) is 0 Å². The van der Waals surface area contributed by atoms with Gasteiger partial charge in [-0.3, -0.25) is 9.69 Å². The maximum atomic E-state index is 11.3. The smallest absolute Gasteiger partial charge is 0.248 e. The molecule has 0 radical (unpaired) electrons. The number of benzene rings is 1. The van der Waals surface area contributed by atoms with Gasteiger partial charge in [0.15, 0.2) is 6.10 Å². The molecule has 0 aromatic heterocycles. The summed E-state index contributed by atoms with van der Waals surface area (Å²) in [5.74, 6) is 0.0604. The molecule has 104 valence electrons. The number of nitrogens with two attached hydrogens (primary N) is 1. The van der Waals surface area contributed by atoms with Crippen LogP contribution in [0.4, 0.5) is 0 Å². The molecule has 5 heteroatoms. The number of amides is 1. The van der Waals surface area contributed by atoms with E-state index in [1.54, 1.807) is 7.11 Å². The van der Waals surface area contributed by atoms with Crippen LogP contribution in [0.25, 0.3) is 0 Å². The van der Waals surface area contributed by atoms with Crippen LogP contribution in [0.5, 0.6) is 5.75 Å². The summed E-state index contributed by atoms with van der Waals surface area (Å²) in [4.78, 5) is 13.4. The Labute approximate surface area is 113 Å². The van der Waals surface area contributed by atoms with Crippen molar-refractivity contribution in [2.45, 2.75) is 25.0 Å². The number of rotatable bonds is 5. The van der Waals surface area contributed by atoms with Crippen molar-refractivity contribution in [2.24, 2.45) is 5.73 Å². The van der Waals surface area contributed by atoms with Crippen LogP contribution < -0.4 is 10.5 Å². The molecular weight excluding hydrogens is 244 g/mol. The highest BCUT2D eigenvalue weighted by Crippen LogP contribution is 2.29. The van der Waals surface area contributed by atoms with Gasteiger partial charge < -0.3 is 15.6 Å². The van der Waals surface area contributed by atoms with Crippen LogP contribution >= 0.6 is 0 Å². The molecule has 1 amide bonds. The second kappa shape index (κ2) is 6.04. The van der Waals surface area contributed by atoms with E-state index in [0.717, 1.165) is 37.2 Å². The zero-order chi connectivity index (χ0) is 13.8. The summed E-state index contributed by atoms with van der Waals surface area (Å²) >= 11 is 0. The lowest BCUT2D eigenvalue weighted by atomic mass is 9.99. The number of aliphatic hydroxyl groups is 1. The first kappa shape index (κ1) is 13.8. The Balaban J connectivity index is 2.26. The minimum Gasteiger partial charge on any atom is -0.497 e. The topological polar surface area (TPSA) is 75.8 Å². The molecule has 5 nitrogen and oxygen atoms in total. The molecule has 0 aliphatic carbocycles. The zero-order valence-corrected chi connectivity index (χ0v) is 11.1. The molecule has 2 unspecified atom stereocenters. The largest absolute Gasteiger partial charge is 0.497 e. The van der Waals surface area contributed by atoms with Crippen molar-refractivity contribution in [2.75, 3.05) is 20.2 Å². The average molecular weight is 264 g/mol. The maximum absolute atomic E-state index is 11.3. The summed E-state index contributed by atoms with van der Waals surface area (Å²) in [6, 6.07) is 7.02. The van der Waals surface area contributed by atoms with Gasteiger partial charge in [-0.15, -0.1) is 0 Å². The minimum absolute atomic E-state index is 0.370. The molecule has 1 fully saturated rings. The SMILES string of the molecule is COc1ccc(C(C(O)C(N)=O)N2CCCC2)cc1. The molecule has 1 aromatic carbocycles. The second-order valence-electron chi connectivity index (χ2n) is 4.81. The van der Waals surface area contributed by atoms with Gasteiger partial charge in [-0.1, -0.05) is 12.1 Å². The quantitative estimate of drug-likeness (QED) is 0.820. The van der Waals surface area contributed by atoms with E-state index in [1.165, 1.54) is 0 Å². The Hall–Kier alpha value is -1.59. The monoisotopic (exact) mass is 264 g/mol. The van der Waals surface area contributed by atoms with Gasteiger partial charge in [-0.25, -0.2) is 0 Å². The molecule has 3 N–H and O–H groups in total. The van der Waals surface area contributed by atoms with Gasteiger partial charge in [0.25, 0.3) is 0 Å². The van der Waals surface area contributed by atoms with Crippen molar-refractivity contribution in [1.29, 1.82) is 0 Å². The molecule has 0 spiro atoms. The third kappa shape index (κ3) is 3.05. The fourth-order valence-corrected chi connectivity index (χ4v) is 2.57. The molecule has 19 heavy (non-hydrogen) atoms. The molecule has 1 aliphatic heterocycles. The summed E-state index contributed by atoms with van der Waals surface area (Å²) in [5.41, 5.74) is 6.14. The molecule has 1 aliphatic rings. The van der Waals surface area contributed by atoms with Crippen molar-refractivity contribution >= 4 is 5.91 Å². The van der Waals surface area contributed by atoms with E-state index in [0.29, 0.717) is 0 Å². The van der Waals surface area contributed by atoms with Gasteiger partial charge in [0.1, 0.15) is 5.75 Å². The number of primary amides is 1. The standard InChI is InChI=1S/C14H20N2O3/c1-19-11-6-4-10(5-7-11)12(13(17)14(15)18)16-8-2-3-9-16/h4-7,12-13,17H,2-3,8-9H2,1H3,(H2,15,18). The Morgan fingerprint density at radius 1 is 1.32 bits per heavy atom. The van der Waals surface area contributed by atoms with Crippen LogP contribution in [0.3, 0.4) is 0 Å². The normalized spacial score (nSPS) is 19.1. The Kier molecular flexibility index (Phi) is 4.39. The van der Waals surface area contributed by atoms with Crippen molar-refractivity contribution in [1.82, 2.24) is 4.90 Å². The number of aliphatic hydroxyl groups excluding tert-OH is 1. The first-order chi connectivity index (χ1) is 9.13. The van der Waals surface area contributed by atoms with Gasteiger partial charge in [-0.05, 0) is 43.6 Å². The van der Waals surface area contributed by atoms with E-state index in [2.05, 4.69) is 4.90 Å². The van der Waals surface area contributed by atoms with Gasteiger partial charge in [0.2, 0.25) is 5.91 Å². The van der Waals surface area contributed by atoms with E-state index in [4.69, 9.17) is 10.5 Å². The maximum Gasteiger partial charge on any atom is 0.248 e. The molecule has 1 heterocycles. The fourth-order valence-electron chi connectivity index (χ4n) is 2.57. The van der Waals surface area contributed by atoms with Gasteiger partial charge in [-0.2, -0.15) is 0 Å². The third-order valence-electron chi connectivity index (χ3n) is 3.58. The molecular formula is C14H20N2O3. The minimum atomic E-state index is -1.19.